The zero-order valence-electron chi connectivity index (χ0n) is 13.4. The number of carbonyl (C=O) groups excluding carboxylic acids is 1. The number of rotatable bonds is 2. The van der Waals surface area contributed by atoms with Crippen molar-refractivity contribution in [3.8, 4) is 11.5 Å². The highest BCUT2D eigenvalue weighted by molar-refractivity contribution is 5.96. The number of nitrogens with one attached hydrogen (secondary N) is 1. The Morgan fingerprint density at radius 1 is 1.28 bits per heavy atom. The molecule has 1 N–H and O–H groups in total. The summed E-state index contributed by atoms with van der Waals surface area (Å²) < 4.78 is 58.7. The molecular formula is C17H16F3NO4. The number of fused-ring (bicyclic) bond motifs is 3. The van der Waals surface area contributed by atoms with Gasteiger partial charge in [-0.05, 0) is 43.9 Å². The third-order valence-electron chi connectivity index (χ3n) is 4.55. The first-order valence-electron chi connectivity index (χ1n) is 8.00. The minimum atomic E-state index is -4.80. The van der Waals surface area contributed by atoms with Crippen LogP contribution in [0, 0.1) is 5.92 Å². The molecule has 5 nitrogen and oxygen atoms in total. The lowest BCUT2D eigenvalue weighted by atomic mass is 9.89. The number of allylic oxidation sites excluding steroid dienone is 1. The molecule has 134 valence electrons. The summed E-state index contributed by atoms with van der Waals surface area (Å²) in [6.07, 6.45) is -1.88. The van der Waals surface area contributed by atoms with E-state index in [1.807, 2.05) is 0 Å². The Hall–Kier alpha value is -2.22. The van der Waals surface area contributed by atoms with Gasteiger partial charge in [0.2, 0.25) is 12.4 Å². The topological polar surface area (TPSA) is 56.8 Å². The Kier molecular flexibility index (Phi) is 3.50. The van der Waals surface area contributed by atoms with Gasteiger partial charge in [-0.15, -0.1) is 0 Å². The average Bonchev–Trinajstić information content (AvgIpc) is 3.26. The minimum absolute atomic E-state index is 0.0105. The molecule has 1 aliphatic carbocycles. The highest BCUT2D eigenvalue weighted by atomic mass is 19.4. The van der Waals surface area contributed by atoms with Crippen molar-refractivity contribution >= 4 is 11.6 Å². The van der Waals surface area contributed by atoms with Gasteiger partial charge < -0.3 is 19.5 Å². The fourth-order valence-electron chi connectivity index (χ4n) is 3.06. The molecule has 4 rings (SSSR count). The van der Waals surface area contributed by atoms with E-state index in [0.29, 0.717) is 0 Å². The van der Waals surface area contributed by atoms with Crippen molar-refractivity contribution in [3.63, 3.8) is 0 Å². The van der Waals surface area contributed by atoms with Gasteiger partial charge in [-0.2, -0.15) is 13.2 Å². The highest BCUT2D eigenvalue weighted by Crippen LogP contribution is 2.55. The molecule has 25 heavy (non-hydrogen) atoms. The van der Waals surface area contributed by atoms with Crippen molar-refractivity contribution in [2.45, 2.75) is 37.6 Å². The van der Waals surface area contributed by atoms with Crippen LogP contribution in [-0.2, 0) is 15.1 Å². The predicted octanol–water partition coefficient (Wildman–Crippen LogP) is 3.50. The van der Waals surface area contributed by atoms with E-state index in [0.717, 1.165) is 18.9 Å². The molecule has 2 heterocycles. The molecule has 0 spiro atoms. The first-order valence-corrected chi connectivity index (χ1v) is 8.00. The Morgan fingerprint density at radius 3 is 2.72 bits per heavy atom. The van der Waals surface area contributed by atoms with Crippen molar-refractivity contribution in [3.05, 3.63) is 29.8 Å². The highest BCUT2D eigenvalue weighted by Gasteiger charge is 2.61. The average molecular weight is 355 g/mol. The van der Waals surface area contributed by atoms with Crippen LogP contribution in [0.1, 0.15) is 25.3 Å². The predicted molar refractivity (Wildman–Crippen MR) is 81.3 cm³/mol. The number of alkyl halides is 3. The number of anilines is 1. The van der Waals surface area contributed by atoms with E-state index in [2.05, 4.69) is 5.32 Å². The number of halogens is 3. The lowest BCUT2D eigenvalue weighted by Crippen LogP contribution is -2.45. The molecule has 0 saturated heterocycles. The van der Waals surface area contributed by atoms with E-state index >= 15 is 0 Å². The van der Waals surface area contributed by atoms with E-state index in [1.54, 1.807) is 0 Å². The maximum absolute atomic E-state index is 14.3. The van der Waals surface area contributed by atoms with E-state index in [4.69, 9.17) is 14.2 Å². The maximum atomic E-state index is 14.3. The van der Waals surface area contributed by atoms with Crippen LogP contribution in [0.5, 0.6) is 11.5 Å². The van der Waals surface area contributed by atoms with Crippen LogP contribution in [0.4, 0.5) is 18.9 Å². The summed E-state index contributed by atoms with van der Waals surface area (Å²) in [5.41, 5.74) is -3.05. The monoisotopic (exact) mass is 355 g/mol. The van der Waals surface area contributed by atoms with Gasteiger partial charge >= 0.3 is 6.18 Å². The van der Waals surface area contributed by atoms with Gasteiger partial charge in [0, 0.05) is 0 Å². The summed E-state index contributed by atoms with van der Waals surface area (Å²) in [7, 11) is 0. The van der Waals surface area contributed by atoms with Crippen LogP contribution >= 0.6 is 0 Å². The SMILES string of the molecule is C[C@@H]1O[C@](/C=C/C2CC2)(C(F)(F)F)c2c(ccc3c2OCO3)NC1=O. The molecule has 2 atom stereocenters. The molecule has 0 aromatic heterocycles. The number of hydrogen-bond donors (Lipinski definition) is 1. The van der Waals surface area contributed by atoms with Crippen LogP contribution in [0.3, 0.4) is 0 Å². The molecule has 8 heteroatoms. The molecule has 3 aliphatic rings. The van der Waals surface area contributed by atoms with Crippen molar-refractivity contribution in [1.29, 1.82) is 0 Å². The first kappa shape index (κ1) is 16.3. The zero-order chi connectivity index (χ0) is 17.8. The summed E-state index contributed by atoms with van der Waals surface area (Å²) in [6, 6.07) is 2.86. The van der Waals surface area contributed by atoms with Crippen molar-refractivity contribution in [2.24, 2.45) is 5.92 Å². The molecular weight excluding hydrogens is 339 g/mol. The van der Waals surface area contributed by atoms with E-state index in [9.17, 15) is 18.0 Å². The standard InChI is InChI=1S/C17H16F3NO4/c1-9-15(22)21-11-4-5-12-14(24-8-23-12)13(11)16(25-9,17(18,19)20)7-6-10-2-3-10/h4-7,9-10H,2-3,8H2,1H3,(H,21,22)/b7-6+/t9-,16-/m0/s1. The van der Waals surface area contributed by atoms with Crippen molar-refractivity contribution in [1.82, 2.24) is 0 Å². The third kappa shape index (κ3) is 2.55. The number of benzene rings is 1. The number of amides is 1. The number of ether oxygens (including phenoxy) is 3. The molecule has 0 unspecified atom stereocenters. The van der Waals surface area contributed by atoms with Gasteiger partial charge in [-0.25, -0.2) is 0 Å². The maximum Gasteiger partial charge on any atom is 0.425 e. The Bertz CT molecular complexity index is 757. The molecule has 2 aliphatic heterocycles. The summed E-state index contributed by atoms with van der Waals surface area (Å²) >= 11 is 0. The first-order chi connectivity index (χ1) is 11.8. The fraction of sp³-hybridized carbons (Fsp3) is 0.471. The molecule has 1 saturated carbocycles. The summed E-state index contributed by atoms with van der Waals surface area (Å²) in [5.74, 6) is -0.405. The Morgan fingerprint density at radius 2 is 2.04 bits per heavy atom. The molecule has 1 aromatic carbocycles. The van der Waals surface area contributed by atoms with Crippen LogP contribution in [-0.4, -0.2) is 25.0 Å². The summed E-state index contributed by atoms with van der Waals surface area (Å²) in [4.78, 5) is 12.1. The van der Waals surface area contributed by atoms with Gasteiger partial charge in [0.05, 0.1) is 11.3 Å². The van der Waals surface area contributed by atoms with Crippen molar-refractivity contribution in [2.75, 3.05) is 12.1 Å². The second-order valence-electron chi connectivity index (χ2n) is 6.40. The lowest BCUT2D eigenvalue weighted by molar-refractivity contribution is -0.271. The summed E-state index contributed by atoms with van der Waals surface area (Å²) in [6.45, 7) is 1.11. The summed E-state index contributed by atoms with van der Waals surface area (Å²) in [5, 5.41) is 2.50. The minimum Gasteiger partial charge on any atom is -0.454 e. The fourth-order valence-corrected chi connectivity index (χ4v) is 3.06. The zero-order valence-corrected chi connectivity index (χ0v) is 13.4. The second-order valence-corrected chi connectivity index (χ2v) is 6.40. The third-order valence-corrected chi connectivity index (χ3v) is 4.55. The largest absolute Gasteiger partial charge is 0.454 e. The van der Waals surface area contributed by atoms with Crippen LogP contribution in [0.25, 0.3) is 0 Å². The Labute approximate surface area is 141 Å². The quantitative estimate of drug-likeness (QED) is 0.825. The molecule has 0 radical (unpaired) electrons. The molecule has 1 fully saturated rings. The van der Waals surface area contributed by atoms with Gasteiger partial charge in [0.1, 0.15) is 6.10 Å². The number of carbonyl (C=O) groups is 1. The van der Waals surface area contributed by atoms with Gasteiger partial charge in [0.25, 0.3) is 5.91 Å². The van der Waals surface area contributed by atoms with Crippen molar-refractivity contribution < 1.29 is 32.2 Å². The van der Waals surface area contributed by atoms with Gasteiger partial charge in [-0.1, -0.05) is 6.08 Å². The van der Waals surface area contributed by atoms with Crippen LogP contribution < -0.4 is 14.8 Å². The molecule has 0 bridgehead atoms. The van der Waals surface area contributed by atoms with Crippen LogP contribution in [0.15, 0.2) is 24.3 Å². The lowest BCUT2D eigenvalue weighted by Gasteiger charge is -2.34. The Balaban J connectivity index is 1.98. The van der Waals surface area contributed by atoms with E-state index < -0.39 is 23.8 Å². The van der Waals surface area contributed by atoms with E-state index in [-0.39, 0.29) is 35.5 Å². The molecule has 1 amide bonds. The normalized spacial score (nSPS) is 28.6. The second kappa shape index (κ2) is 5.39. The van der Waals surface area contributed by atoms with E-state index in [1.165, 1.54) is 25.1 Å². The van der Waals surface area contributed by atoms with Gasteiger partial charge in [0.15, 0.2) is 11.5 Å². The van der Waals surface area contributed by atoms with Crippen LogP contribution in [0.2, 0.25) is 0 Å². The number of hydrogen-bond acceptors (Lipinski definition) is 4. The van der Waals surface area contributed by atoms with Gasteiger partial charge in [-0.3, -0.25) is 4.79 Å². The molecule has 1 aromatic rings. The smallest absolute Gasteiger partial charge is 0.425 e.